The van der Waals surface area contributed by atoms with E-state index in [1.807, 2.05) is 18.2 Å². The highest BCUT2D eigenvalue weighted by Gasteiger charge is 2.29. The van der Waals surface area contributed by atoms with Crippen LogP contribution in [-0.4, -0.2) is 12.2 Å². The van der Waals surface area contributed by atoms with Gasteiger partial charge in [-0.05, 0) is 73.6 Å². The molecule has 1 saturated carbocycles. The fraction of sp³-hybridized carbons (Fsp3) is 0.667. The highest BCUT2D eigenvalue weighted by molar-refractivity contribution is 5.36. The number of aryl methyl sites for hydroxylation is 1. The molecule has 0 aromatic heterocycles. The fourth-order valence-electron chi connectivity index (χ4n) is 3.49. The van der Waals surface area contributed by atoms with Crippen molar-refractivity contribution in [2.24, 2.45) is 17.8 Å². The van der Waals surface area contributed by atoms with Crippen LogP contribution in [0, 0.1) is 24.7 Å². The standard InChI is InChI=1S/C18H28O2/c1-12(2)14-5-7-15(8-6-14)18(19)17-10-9-16(20-4)11-13(17)3/h9-12,14-15,18-19H,5-8H2,1-4H3. The third-order valence-electron chi connectivity index (χ3n) is 5.00. The van der Waals surface area contributed by atoms with E-state index in [0.717, 1.165) is 41.6 Å². The minimum absolute atomic E-state index is 0.325. The van der Waals surface area contributed by atoms with Gasteiger partial charge < -0.3 is 9.84 Å². The molecule has 0 saturated heterocycles. The molecule has 1 unspecified atom stereocenters. The number of aliphatic hydroxyl groups is 1. The number of methoxy groups -OCH3 is 1. The normalized spacial score (nSPS) is 24.7. The van der Waals surface area contributed by atoms with Crippen molar-refractivity contribution in [3.8, 4) is 5.75 Å². The molecule has 1 aromatic rings. The van der Waals surface area contributed by atoms with Gasteiger partial charge in [0, 0.05) is 0 Å². The van der Waals surface area contributed by atoms with Gasteiger partial charge in [0.25, 0.3) is 0 Å². The van der Waals surface area contributed by atoms with Crippen LogP contribution in [0.5, 0.6) is 5.75 Å². The quantitative estimate of drug-likeness (QED) is 0.877. The molecular weight excluding hydrogens is 248 g/mol. The molecule has 2 nitrogen and oxygen atoms in total. The first-order valence-electron chi connectivity index (χ1n) is 7.85. The summed E-state index contributed by atoms with van der Waals surface area (Å²) in [5.41, 5.74) is 2.20. The van der Waals surface area contributed by atoms with Gasteiger partial charge in [-0.25, -0.2) is 0 Å². The highest BCUT2D eigenvalue weighted by Crippen LogP contribution is 2.40. The van der Waals surface area contributed by atoms with Crippen molar-refractivity contribution >= 4 is 0 Å². The van der Waals surface area contributed by atoms with Crippen LogP contribution in [0.4, 0.5) is 0 Å². The van der Waals surface area contributed by atoms with E-state index < -0.39 is 0 Å². The van der Waals surface area contributed by atoms with Gasteiger partial charge in [0.05, 0.1) is 13.2 Å². The van der Waals surface area contributed by atoms with Gasteiger partial charge in [0.15, 0.2) is 0 Å². The van der Waals surface area contributed by atoms with Crippen molar-refractivity contribution in [2.45, 2.75) is 52.6 Å². The summed E-state index contributed by atoms with van der Waals surface area (Å²) in [6.07, 6.45) is 4.49. The Morgan fingerprint density at radius 1 is 1.10 bits per heavy atom. The fourth-order valence-corrected chi connectivity index (χ4v) is 3.49. The Morgan fingerprint density at radius 2 is 1.70 bits per heavy atom. The molecule has 0 amide bonds. The van der Waals surface area contributed by atoms with Gasteiger partial charge in [0.1, 0.15) is 5.75 Å². The first-order chi connectivity index (χ1) is 9.52. The van der Waals surface area contributed by atoms with Crippen LogP contribution in [0.1, 0.15) is 56.8 Å². The molecule has 1 aliphatic carbocycles. The van der Waals surface area contributed by atoms with E-state index >= 15 is 0 Å². The van der Waals surface area contributed by atoms with Crippen molar-refractivity contribution in [2.75, 3.05) is 7.11 Å². The Morgan fingerprint density at radius 3 is 2.20 bits per heavy atom. The van der Waals surface area contributed by atoms with Gasteiger partial charge in [-0.1, -0.05) is 19.9 Å². The summed E-state index contributed by atoms with van der Waals surface area (Å²) < 4.78 is 5.23. The van der Waals surface area contributed by atoms with E-state index in [1.165, 1.54) is 12.8 Å². The molecule has 2 rings (SSSR count). The predicted octanol–water partition coefficient (Wildman–Crippen LogP) is 4.50. The molecule has 0 heterocycles. The maximum absolute atomic E-state index is 10.7. The maximum Gasteiger partial charge on any atom is 0.119 e. The van der Waals surface area contributed by atoms with Crippen LogP contribution in [0.25, 0.3) is 0 Å². The third kappa shape index (κ3) is 3.35. The molecule has 1 fully saturated rings. The number of hydrogen-bond donors (Lipinski definition) is 1. The number of rotatable bonds is 4. The third-order valence-corrected chi connectivity index (χ3v) is 5.00. The van der Waals surface area contributed by atoms with E-state index in [1.54, 1.807) is 7.11 Å². The molecule has 112 valence electrons. The van der Waals surface area contributed by atoms with Crippen LogP contribution in [0.3, 0.4) is 0 Å². The Kier molecular flexibility index (Phi) is 5.09. The van der Waals surface area contributed by atoms with E-state index in [2.05, 4.69) is 20.8 Å². The molecule has 1 N–H and O–H groups in total. The first kappa shape index (κ1) is 15.4. The van der Waals surface area contributed by atoms with Crippen LogP contribution >= 0.6 is 0 Å². The molecule has 2 heteroatoms. The Hall–Kier alpha value is -1.02. The topological polar surface area (TPSA) is 29.5 Å². The second-order valence-corrected chi connectivity index (χ2v) is 6.59. The van der Waals surface area contributed by atoms with Gasteiger partial charge in [0.2, 0.25) is 0 Å². The average Bonchev–Trinajstić information content (AvgIpc) is 2.46. The minimum atomic E-state index is -0.325. The van der Waals surface area contributed by atoms with Gasteiger partial charge >= 0.3 is 0 Å². The monoisotopic (exact) mass is 276 g/mol. The Labute approximate surface area is 123 Å². The van der Waals surface area contributed by atoms with Crippen LogP contribution in [-0.2, 0) is 0 Å². The van der Waals surface area contributed by atoms with Crippen LogP contribution in [0.2, 0.25) is 0 Å². The summed E-state index contributed by atoms with van der Waals surface area (Å²) in [7, 11) is 1.68. The molecule has 1 aliphatic rings. The van der Waals surface area contributed by atoms with Crippen LogP contribution in [0.15, 0.2) is 18.2 Å². The molecule has 0 aliphatic heterocycles. The van der Waals surface area contributed by atoms with Crippen molar-refractivity contribution in [3.63, 3.8) is 0 Å². The van der Waals surface area contributed by atoms with E-state index in [-0.39, 0.29) is 6.10 Å². The van der Waals surface area contributed by atoms with Crippen molar-refractivity contribution < 1.29 is 9.84 Å². The van der Waals surface area contributed by atoms with Crippen molar-refractivity contribution in [1.29, 1.82) is 0 Å². The summed E-state index contributed by atoms with van der Waals surface area (Å²) in [5, 5.41) is 10.7. The molecule has 1 atom stereocenters. The lowest BCUT2D eigenvalue weighted by molar-refractivity contribution is 0.0663. The number of hydrogen-bond acceptors (Lipinski definition) is 2. The minimum Gasteiger partial charge on any atom is -0.497 e. The summed E-state index contributed by atoms with van der Waals surface area (Å²) in [5.74, 6) is 2.89. The van der Waals surface area contributed by atoms with E-state index in [9.17, 15) is 5.11 Å². The van der Waals surface area contributed by atoms with Gasteiger partial charge in [-0.3, -0.25) is 0 Å². The number of benzene rings is 1. The van der Waals surface area contributed by atoms with E-state index in [0.29, 0.717) is 5.92 Å². The molecule has 1 aromatic carbocycles. The smallest absolute Gasteiger partial charge is 0.119 e. The van der Waals surface area contributed by atoms with Crippen molar-refractivity contribution in [3.05, 3.63) is 29.3 Å². The van der Waals surface area contributed by atoms with Crippen LogP contribution < -0.4 is 4.74 Å². The zero-order valence-electron chi connectivity index (χ0n) is 13.2. The van der Waals surface area contributed by atoms with Crippen molar-refractivity contribution in [1.82, 2.24) is 0 Å². The largest absolute Gasteiger partial charge is 0.497 e. The highest BCUT2D eigenvalue weighted by atomic mass is 16.5. The average molecular weight is 276 g/mol. The Bertz CT molecular complexity index is 431. The lowest BCUT2D eigenvalue weighted by Gasteiger charge is -2.34. The molecule has 20 heavy (non-hydrogen) atoms. The van der Waals surface area contributed by atoms with Gasteiger partial charge in [-0.15, -0.1) is 0 Å². The lowest BCUT2D eigenvalue weighted by atomic mass is 9.74. The summed E-state index contributed by atoms with van der Waals surface area (Å²) in [6.45, 7) is 6.69. The Balaban J connectivity index is 2.03. The zero-order valence-corrected chi connectivity index (χ0v) is 13.2. The molecule has 0 spiro atoms. The zero-order chi connectivity index (χ0) is 14.7. The predicted molar refractivity (Wildman–Crippen MR) is 83.0 cm³/mol. The molecular formula is C18H28O2. The second-order valence-electron chi connectivity index (χ2n) is 6.59. The lowest BCUT2D eigenvalue weighted by Crippen LogP contribution is -2.23. The SMILES string of the molecule is COc1ccc(C(O)C2CCC(C(C)C)CC2)c(C)c1. The first-order valence-corrected chi connectivity index (χ1v) is 7.85. The summed E-state index contributed by atoms with van der Waals surface area (Å²) in [6, 6.07) is 5.98. The maximum atomic E-state index is 10.7. The summed E-state index contributed by atoms with van der Waals surface area (Å²) in [4.78, 5) is 0. The van der Waals surface area contributed by atoms with E-state index in [4.69, 9.17) is 4.74 Å². The van der Waals surface area contributed by atoms with Gasteiger partial charge in [-0.2, -0.15) is 0 Å². The number of aliphatic hydroxyl groups excluding tert-OH is 1. The number of ether oxygens (including phenoxy) is 1. The second kappa shape index (κ2) is 6.62. The molecule has 0 radical (unpaired) electrons. The molecule has 0 bridgehead atoms. The summed E-state index contributed by atoms with van der Waals surface area (Å²) >= 11 is 0.